The molecule has 0 unspecified atom stereocenters. The van der Waals surface area contributed by atoms with E-state index in [1.807, 2.05) is 18.2 Å². The maximum Gasteiger partial charge on any atom is 0.337 e. The average Bonchev–Trinajstić information content (AvgIpc) is 3.58. The Morgan fingerprint density at radius 1 is 1.09 bits per heavy atom. The zero-order valence-corrected chi connectivity index (χ0v) is 18.1. The lowest BCUT2D eigenvalue weighted by Crippen LogP contribution is -2.04. The van der Waals surface area contributed by atoms with E-state index < -0.39 is 5.97 Å². The minimum atomic E-state index is -0.416. The first kappa shape index (κ1) is 21.1. The first-order chi connectivity index (χ1) is 16.7. The summed E-state index contributed by atoms with van der Waals surface area (Å²) in [6.07, 6.45) is 1.54. The van der Waals surface area contributed by atoms with E-state index in [2.05, 4.69) is 11.1 Å². The van der Waals surface area contributed by atoms with Crippen molar-refractivity contribution in [1.82, 2.24) is 4.98 Å². The van der Waals surface area contributed by atoms with Crippen LogP contribution in [0.1, 0.15) is 21.5 Å². The number of pyridine rings is 1. The van der Waals surface area contributed by atoms with E-state index in [-0.39, 0.29) is 24.8 Å². The van der Waals surface area contributed by atoms with Gasteiger partial charge in [0.1, 0.15) is 24.0 Å². The molecule has 0 spiro atoms. The Kier molecular flexibility index (Phi) is 5.58. The zero-order valence-electron chi connectivity index (χ0n) is 18.1. The van der Waals surface area contributed by atoms with Crippen LogP contribution in [0.5, 0.6) is 17.4 Å². The number of hydrogen-bond acceptors (Lipinski definition) is 8. The van der Waals surface area contributed by atoms with Crippen molar-refractivity contribution >= 4 is 5.97 Å². The van der Waals surface area contributed by atoms with Crippen molar-refractivity contribution in [2.24, 2.45) is 0 Å². The van der Waals surface area contributed by atoms with E-state index >= 15 is 0 Å². The Morgan fingerprint density at radius 2 is 1.91 bits per heavy atom. The number of rotatable bonds is 6. The van der Waals surface area contributed by atoms with Crippen LogP contribution in [0, 0.1) is 11.3 Å². The monoisotopic (exact) mass is 454 g/mol. The molecule has 0 atom stereocenters. The maximum absolute atomic E-state index is 11.7. The van der Waals surface area contributed by atoms with Crippen LogP contribution in [0.15, 0.2) is 71.3 Å². The van der Waals surface area contributed by atoms with Crippen LogP contribution in [-0.4, -0.2) is 24.9 Å². The quantitative estimate of drug-likeness (QED) is 0.376. The smallest absolute Gasteiger partial charge is 0.337 e. The number of furan rings is 1. The van der Waals surface area contributed by atoms with Gasteiger partial charge in [-0.3, -0.25) is 0 Å². The van der Waals surface area contributed by atoms with Gasteiger partial charge < -0.3 is 23.4 Å². The molecule has 0 amide bonds. The number of nitriles is 1. The van der Waals surface area contributed by atoms with Gasteiger partial charge in [-0.15, -0.1) is 0 Å². The van der Waals surface area contributed by atoms with Crippen LogP contribution in [0.3, 0.4) is 0 Å². The van der Waals surface area contributed by atoms with Crippen LogP contribution in [-0.2, 0) is 11.3 Å². The van der Waals surface area contributed by atoms with Gasteiger partial charge in [-0.05, 0) is 54.1 Å². The van der Waals surface area contributed by atoms with E-state index in [0.29, 0.717) is 34.1 Å². The lowest BCUT2D eigenvalue weighted by Gasteiger charge is -2.13. The third-order valence-corrected chi connectivity index (χ3v) is 5.30. The molecule has 0 fully saturated rings. The molecular weight excluding hydrogens is 436 g/mol. The van der Waals surface area contributed by atoms with E-state index in [1.165, 1.54) is 7.11 Å². The molecule has 8 heteroatoms. The van der Waals surface area contributed by atoms with Crippen molar-refractivity contribution in [1.29, 1.82) is 5.26 Å². The molecule has 2 aromatic heterocycles. The number of benzene rings is 2. The normalized spacial score (nSPS) is 11.6. The number of fused-ring (bicyclic) bond motifs is 1. The summed E-state index contributed by atoms with van der Waals surface area (Å²) in [6, 6.07) is 19.8. The Labute approximate surface area is 194 Å². The summed E-state index contributed by atoms with van der Waals surface area (Å²) in [5, 5.41) is 9.91. The Bertz CT molecular complexity index is 1390. The number of nitrogens with zero attached hydrogens (tertiary/aromatic N) is 2. The second-order valence-electron chi connectivity index (χ2n) is 7.37. The first-order valence-corrected chi connectivity index (χ1v) is 10.4. The lowest BCUT2D eigenvalue weighted by molar-refractivity contribution is 0.0600. The number of ether oxygens (including phenoxy) is 4. The number of carbonyl (C=O) groups is 1. The molecule has 5 rings (SSSR count). The Hall–Kier alpha value is -4.77. The number of hydrogen-bond donors (Lipinski definition) is 0. The second kappa shape index (κ2) is 9.00. The molecule has 1 aliphatic heterocycles. The molecule has 0 saturated heterocycles. The molecular formula is C26H18N2O6. The number of esters is 1. The summed E-state index contributed by atoms with van der Waals surface area (Å²) < 4.78 is 27.2. The summed E-state index contributed by atoms with van der Waals surface area (Å²) in [5.41, 5.74) is 3.41. The Balaban J connectivity index is 1.51. The van der Waals surface area contributed by atoms with Gasteiger partial charge in [-0.1, -0.05) is 12.1 Å². The molecule has 8 nitrogen and oxygen atoms in total. The highest BCUT2D eigenvalue weighted by molar-refractivity contribution is 5.89. The molecule has 3 heterocycles. The second-order valence-corrected chi connectivity index (χ2v) is 7.37. The predicted molar refractivity (Wildman–Crippen MR) is 120 cm³/mol. The SMILES string of the molecule is COC(=O)c1ccc(COc2nc(-c3ccc4c(c3)OCO4)cc(-c3ccco3)c2C#N)cc1. The van der Waals surface area contributed by atoms with Gasteiger partial charge >= 0.3 is 5.97 Å². The topological polar surface area (TPSA) is 104 Å². The molecule has 0 saturated carbocycles. The summed E-state index contributed by atoms with van der Waals surface area (Å²) >= 11 is 0. The van der Waals surface area contributed by atoms with Crippen LogP contribution in [0.2, 0.25) is 0 Å². The highest BCUT2D eigenvalue weighted by atomic mass is 16.7. The van der Waals surface area contributed by atoms with E-state index in [0.717, 1.165) is 11.1 Å². The number of carbonyl (C=O) groups excluding carboxylic acids is 1. The van der Waals surface area contributed by atoms with Gasteiger partial charge in [-0.25, -0.2) is 9.78 Å². The molecule has 2 aromatic carbocycles. The number of aromatic nitrogens is 1. The van der Waals surface area contributed by atoms with E-state index in [9.17, 15) is 10.1 Å². The third kappa shape index (κ3) is 4.02. The van der Waals surface area contributed by atoms with Crippen molar-refractivity contribution in [3.63, 3.8) is 0 Å². The predicted octanol–water partition coefficient (Wildman–Crippen LogP) is 4.97. The summed E-state index contributed by atoms with van der Waals surface area (Å²) in [7, 11) is 1.33. The van der Waals surface area contributed by atoms with Crippen molar-refractivity contribution in [2.45, 2.75) is 6.61 Å². The largest absolute Gasteiger partial charge is 0.472 e. The highest BCUT2D eigenvalue weighted by Gasteiger charge is 2.20. The van der Waals surface area contributed by atoms with Crippen molar-refractivity contribution in [3.05, 3.63) is 83.6 Å². The average molecular weight is 454 g/mol. The van der Waals surface area contributed by atoms with Crippen LogP contribution < -0.4 is 14.2 Å². The van der Waals surface area contributed by atoms with E-state index in [1.54, 1.807) is 48.7 Å². The van der Waals surface area contributed by atoms with E-state index in [4.69, 9.17) is 23.4 Å². The lowest BCUT2D eigenvalue weighted by atomic mass is 10.0. The zero-order chi connectivity index (χ0) is 23.5. The molecule has 0 radical (unpaired) electrons. The van der Waals surface area contributed by atoms with Gasteiger partial charge in [0.15, 0.2) is 11.5 Å². The fourth-order valence-electron chi connectivity index (χ4n) is 3.57. The summed E-state index contributed by atoms with van der Waals surface area (Å²) in [6.45, 7) is 0.311. The summed E-state index contributed by atoms with van der Waals surface area (Å²) in [5.74, 6) is 1.56. The van der Waals surface area contributed by atoms with Crippen molar-refractivity contribution < 1.29 is 28.2 Å². The fraction of sp³-hybridized carbons (Fsp3) is 0.115. The van der Waals surface area contributed by atoms with Gasteiger partial charge in [-0.2, -0.15) is 5.26 Å². The van der Waals surface area contributed by atoms with Gasteiger partial charge in [0.05, 0.1) is 24.6 Å². The van der Waals surface area contributed by atoms with Gasteiger partial charge in [0, 0.05) is 11.1 Å². The van der Waals surface area contributed by atoms with Crippen LogP contribution in [0.4, 0.5) is 0 Å². The van der Waals surface area contributed by atoms with Gasteiger partial charge in [0.25, 0.3) is 0 Å². The molecule has 0 N–H and O–H groups in total. The van der Waals surface area contributed by atoms with Crippen LogP contribution in [0.25, 0.3) is 22.6 Å². The van der Waals surface area contributed by atoms with Crippen LogP contribution >= 0.6 is 0 Å². The highest BCUT2D eigenvalue weighted by Crippen LogP contribution is 2.38. The standard InChI is InChI=1S/C26H18N2O6/c1-30-26(29)17-6-4-16(5-7-17)14-32-25-20(13-27)19(22-3-2-10-31-22)12-21(28-25)18-8-9-23-24(11-18)34-15-33-23/h2-12H,14-15H2,1H3. The fourth-order valence-corrected chi connectivity index (χ4v) is 3.57. The van der Waals surface area contributed by atoms with Crippen molar-refractivity contribution in [2.75, 3.05) is 13.9 Å². The molecule has 168 valence electrons. The minimum Gasteiger partial charge on any atom is -0.472 e. The Morgan fingerprint density at radius 3 is 2.65 bits per heavy atom. The molecule has 0 bridgehead atoms. The molecule has 0 aliphatic carbocycles. The maximum atomic E-state index is 11.7. The molecule has 4 aromatic rings. The third-order valence-electron chi connectivity index (χ3n) is 5.30. The van der Waals surface area contributed by atoms with Gasteiger partial charge in [0.2, 0.25) is 12.7 Å². The molecule has 34 heavy (non-hydrogen) atoms. The number of methoxy groups -OCH3 is 1. The summed E-state index contributed by atoms with van der Waals surface area (Å²) in [4.78, 5) is 16.3. The van der Waals surface area contributed by atoms with Crippen molar-refractivity contribution in [3.8, 4) is 46.0 Å². The first-order valence-electron chi connectivity index (χ1n) is 10.4. The molecule has 1 aliphatic rings. The minimum absolute atomic E-state index is 0.144.